The quantitative estimate of drug-likeness (QED) is 0.404. The van der Waals surface area contributed by atoms with Crippen LogP contribution in [-0.4, -0.2) is 63.2 Å². The molecule has 1 amide bonds. The first-order valence-corrected chi connectivity index (χ1v) is 12.3. The summed E-state index contributed by atoms with van der Waals surface area (Å²) in [5.41, 5.74) is 2.55. The van der Waals surface area contributed by atoms with Gasteiger partial charge in [0.1, 0.15) is 28.5 Å². The van der Waals surface area contributed by atoms with Gasteiger partial charge < -0.3 is 33.7 Å². The number of esters is 1. The third-order valence-corrected chi connectivity index (χ3v) is 5.74. The van der Waals surface area contributed by atoms with Crippen molar-refractivity contribution in [3.8, 4) is 22.8 Å². The van der Waals surface area contributed by atoms with E-state index < -0.39 is 18.5 Å². The fourth-order valence-electron chi connectivity index (χ4n) is 4.04. The first-order valence-electron chi connectivity index (χ1n) is 12.3. The van der Waals surface area contributed by atoms with Crippen LogP contribution in [0.2, 0.25) is 0 Å². The van der Waals surface area contributed by atoms with Crippen molar-refractivity contribution in [1.82, 2.24) is 5.16 Å². The molecule has 1 fully saturated rings. The van der Waals surface area contributed by atoms with Gasteiger partial charge >= 0.3 is 5.97 Å². The van der Waals surface area contributed by atoms with Crippen LogP contribution in [0.3, 0.4) is 0 Å². The summed E-state index contributed by atoms with van der Waals surface area (Å²) in [7, 11) is 0. The van der Waals surface area contributed by atoms with Crippen molar-refractivity contribution in [2.24, 2.45) is 0 Å². The molecule has 4 rings (SSSR count). The Kier molecular flexibility index (Phi) is 8.63. The number of aryl methyl sites for hydroxylation is 1. The molecule has 1 aromatic heterocycles. The highest BCUT2D eigenvalue weighted by molar-refractivity contribution is 6.00. The van der Waals surface area contributed by atoms with E-state index in [9.17, 15) is 9.59 Å². The van der Waals surface area contributed by atoms with E-state index in [1.54, 1.807) is 13.0 Å². The Morgan fingerprint density at radius 1 is 1.03 bits per heavy atom. The molecule has 37 heavy (non-hydrogen) atoms. The monoisotopic (exact) mass is 509 g/mol. The Bertz CT molecular complexity index is 1220. The predicted molar refractivity (Wildman–Crippen MR) is 137 cm³/mol. The fraction of sp³-hybridized carbons (Fsp3) is 0.370. The number of rotatable bonds is 10. The molecule has 0 bridgehead atoms. The number of carbonyl (C=O) groups is 2. The third kappa shape index (κ3) is 6.21. The summed E-state index contributed by atoms with van der Waals surface area (Å²) in [6.45, 7) is 8.43. The molecule has 0 aliphatic carbocycles. The zero-order valence-electron chi connectivity index (χ0n) is 21.2. The van der Waals surface area contributed by atoms with Gasteiger partial charge in [0.2, 0.25) is 0 Å². The molecule has 1 aliphatic rings. The second-order valence-electron chi connectivity index (χ2n) is 8.23. The number of anilines is 2. The molecule has 0 saturated carbocycles. The van der Waals surface area contributed by atoms with E-state index >= 15 is 0 Å². The highest BCUT2D eigenvalue weighted by Crippen LogP contribution is 2.39. The maximum absolute atomic E-state index is 12.8. The lowest BCUT2D eigenvalue weighted by molar-refractivity contribution is -0.119. The Labute approximate surface area is 215 Å². The van der Waals surface area contributed by atoms with E-state index in [1.165, 1.54) is 0 Å². The molecule has 0 spiro atoms. The predicted octanol–water partition coefficient (Wildman–Crippen LogP) is 4.08. The number of morpholine rings is 1. The van der Waals surface area contributed by atoms with Gasteiger partial charge in [0, 0.05) is 30.8 Å². The van der Waals surface area contributed by atoms with Crippen molar-refractivity contribution in [3.63, 3.8) is 0 Å². The van der Waals surface area contributed by atoms with Gasteiger partial charge in [0.25, 0.3) is 5.91 Å². The smallest absolute Gasteiger partial charge is 0.344 e. The Morgan fingerprint density at radius 2 is 1.73 bits per heavy atom. The standard InChI is InChI=1S/C27H31N3O7/c1-4-34-22-16-21(30-11-13-33-14-12-30)23(35-5-2)15-20(22)28-24(31)17-36-27(32)25-18(3)37-29-26(25)19-9-7-6-8-10-19/h6-10,15-16H,4-5,11-14,17H2,1-3H3,(H,28,31). The summed E-state index contributed by atoms with van der Waals surface area (Å²) in [5.74, 6) is 0.200. The number of ether oxygens (including phenoxy) is 4. The highest BCUT2D eigenvalue weighted by atomic mass is 16.5. The van der Waals surface area contributed by atoms with E-state index in [0.29, 0.717) is 60.6 Å². The first-order chi connectivity index (χ1) is 18.0. The minimum Gasteiger partial charge on any atom is -0.492 e. The lowest BCUT2D eigenvalue weighted by Crippen LogP contribution is -2.36. The second-order valence-corrected chi connectivity index (χ2v) is 8.23. The van der Waals surface area contributed by atoms with Gasteiger partial charge in [-0.2, -0.15) is 0 Å². The van der Waals surface area contributed by atoms with Gasteiger partial charge in [-0.1, -0.05) is 35.5 Å². The SMILES string of the molecule is CCOc1cc(N2CCOCC2)c(OCC)cc1NC(=O)COC(=O)c1c(-c2ccccc2)noc1C. The Hall–Kier alpha value is -4.05. The number of benzene rings is 2. The minimum atomic E-state index is -0.699. The van der Waals surface area contributed by atoms with Crippen LogP contribution in [0.1, 0.15) is 30.0 Å². The number of amides is 1. The molecule has 10 heteroatoms. The summed E-state index contributed by atoms with van der Waals surface area (Å²) >= 11 is 0. The van der Waals surface area contributed by atoms with Crippen molar-refractivity contribution in [1.29, 1.82) is 0 Å². The maximum atomic E-state index is 12.8. The van der Waals surface area contributed by atoms with E-state index in [1.807, 2.05) is 50.2 Å². The lowest BCUT2D eigenvalue weighted by atomic mass is 10.1. The van der Waals surface area contributed by atoms with Crippen molar-refractivity contribution in [3.05, 3.63) is 53.8 Å². The zero-order chi connectivity index (χ0) is 26.2. The Morgan fingerprint density at radius 3 is 2.43 bits per heavy atom. The minimum absolute atomic E-state index is 0.183. The van der Waals surface area contributed by atoms with Crippen LogP contribution in [0.25, 0.3) is 11.3 Å². The van der Waals surface area contributed by atoms with E-state index in [2.05, 4.69) is 15.4 Å². The lowest BCUT2D eigenvalue weighted by Gasteiger charge is -2.31. The highest BCUT2D eigenvalue weighted by Gasteiger charge is 2.24. The number of nitrogens with zero attached hydrogens (tertiary/aromatic N) is 2. The summed E-state index contributed by atoms with van der Waals surface area (Å²) in [4.78, 5) is 27.8. The fourth-order valence-corrected chi connectivity index (χ4v) is 4.04. The summed E-state index contributed by atoms with van der Waals surface area (Å²) in [5, 5.41) is 6.77. The molecule has 1 aliphatic heterocycles. The molecule has 196 valence electrons. The number of hydrogen-bond donors (Lipinski definition) is 1. The van der Waals surface area contributed by atoms with Crippen LogP contribution in [0.5, 0.6) is 11.5 Å². The first kappa shape index (κ1) is 26.0. The molecule has 0 atom stereocenters. The molecule has 1 saturated heterocycles. The van der Waals surface area contributed by atoms with Gasteiger partial charge in [0.05, 0.1) is 37.8 Å². The van der Waals surface area contributed by atoms with E-state index in [0.717, 1.165) is 18.8 Å². The van der Waals surface area contributed by atoms with Gasteiger partial charge in [-0.3, -0.25) is 4.79 Å². The van der Waals surface area contributed by atoms with Gasteiger partial charge in [-0.15, -0.1) is 0 Å². The molecule has 0 unspecified atom stereocenters. The average Bonchev–Trinajstić information content (AvgIpc) is 3.31. The molecule has 0 radical (unpaired) electrons. The van der Waals surface area contributed by atoms with Crippen molar-refractivity contribution in [2.45, 2.75) is 20.8 Å². The van der Waals surface area contributed by atoms with Crippen molar-refractivity contribution < 1.29 is 33.1 Å². The van der Waals surface area contributed by atoms with Crippen LogP contribution in [0, 0.1) is 6.92 Å². The number of hydrogen-bond acceptors (Lipinski definition) is 9. The van der Waals surface area contributed by atoms with Crippen molar-refractivity contribution >= 4 is 23.3 Å². The maximum Gasteiger partial charge on any atom is 0.344 e. The van der Waals surface area contributed by atoms with Crippen molar-refractivity contribution in [2.75, 3.05) is 56.3 Å². The third-order valence-electron chi connectivity index (χ3n) is 5.74. The number of aromatic nitrogens is 1. The van der Waals surface area contributed by atoms with E-state index in [4.69, 9.17) is 23.5 Å². The molecule has 3 aromatic rings. The van der Waals surface area contributed by atoms with Gasteiger partial charge in [-0.25, -0.2) is 4.79 Å². The number of carbonyl (C=O) groups excluding carboxylic acids is 2. The zero-order valence-corrected chi connectivity index (χ0v) is 21.2. The van der Waals surface area contributed by atoms with Crippen LogP contribution >= 0.6 is 0 Å². The summed E-state index contributed by atoms with van der Waals surface area (Å²) < 4.78 is 27.7. The van der Waals surface area contributed by atoms with Crippen LogP contribution in [-0.2, 0) is 14.3 Å². The van der Waals surface area contributed by atoms with Crippen LogP contribution < -0.4 is 19.7 Å². The van der Waals surface area contributed by atoms with E-state index in [-0.39, 0.29) is 5.56 Å². The Balaban J connectivity index is 1.49. The summed E-state index contributed by atoms with van der Waals surface area (Å²) in [6, 6.07) is 12.7. The average molecular weight is 510 g/mol. The topological polar surface area (TPSA) is 112 Å². The second kappa shape index (κ2) is 12.3. The molecule has 10 nitrogen and oxygen atoms in total. The summed E-state index contributed by atoms with van der Waals surface area (Å²) in [6.07, 6.45) is 0. The van der Waals surface area contributed by atoms with Crippen LogP contribution in [0.15, 0.2) is 47.0 Å². The molecule has 1 N–H and O–H groups in total. The normalized spacial score (nSPS) is 13.2. The molecule has 2 heterocycles. The van der Waals surface area contributed by atoms with Gasteiger partial charge in [0.15, 0.2) is 6.61 Å². The molecule has 2 aromatic carbocycles. The largest absolute Gasteiger partial charge is 0.492 e. The molecular weight excluding hydrogens is 478 g/mol. The van der Waals surface area contributed by atoms with Gasteiger partial charge in [-0.05, 0) is 20.8 Å². The molecular formula is C27H31N3O7. The van der Waals surface area contributed by atoms with Crippen LogP contribution in [0.4, 0.5) is 11.4 Å². The number of nitrogens with one attached hydrogen (secondary N) is 1.